The molecule has 1 aliphatic heterocycles. The average molecular weight is 359 g/mol. The van der Waals surface area contributed by atoms with Gasteiger partial charge in [-0.05, 0) is 47.6 Å². The van der Waals surface area contributed by atoms with Crippen LogP contribution in [-0.4, -0.2) is 56.3 Å². The molecular weight excluding hydrogens is 330 g/mol. The van der Waals surface area contributed by atoms with Gasteiger partial charge >= 0.3 is 0 Å². The third-order valence-electron chi connectivity index (χ3n) is 5.83. The third kappa shape index (κ3) is 3.47. The molecule has 0 bridgehead atoms. The van der Waals surface area contributed by atoms with Gasteiger partial charge in [0.2, 0.25) is 5.95 Å². The summed E-state index contributed by atoms with van der Waals surface area (Å²) in [5, 5.41) is 16.9. The van der Waals surface area contributed by atoms with Crippen LogP contribution in [0.5, 0.6) is 0 Å². The maximum Gasteiger partial charge on any atom is 0.245 e. The molecule has 26 heavy (non-hydrogen) atoms. The van der Waals surface area contributed by atoms with Gasteiger partial charge in [0, 0.05) is 51.3 Å². The predicted octanol–water partition coefficient (Wildman–Crippen LogP) is 1.71. The SMILES string of the molecule is CCOC[C@@H]1CN(c2nnnn2CC2CC(C)C2)C[C@H]1c1cnn(C)c1. The molecule has 0 spiro atoms. The molecule has 142 valence electrons. The summed E-state index contributed by atoms with van der Waals surface area (Å²) in [6.07, 6.45) is 6.66. The number of aryl methyl sites for hydroxylation is 1. The van der Waals surface area contributed by atoms with E-state index in [2.05, 4.69) is 38.6 Å². The molecule has 2 aromatic rings. The van der Waals surface area contributed by atoms with E-state index in [0.29, 0.717) is 17.8 Å². The normalized spacial score (nSPS) is 28.5. The highest BCUT2D eigenvalue weighted by Crippen LogP contribution is 2.37. The molecule has 4 rings (SSSR count). The van der Waals surface area contributed by atoms with E-state index in [4.69, 9.17) is 4.74 Å². The highest BCUT2D eigenvalue weighted by atomic mass is 16.5. The zero-order valence-corrected chi connectivity index (χ0v) is 16.0. The van der Waals surface area contributed by atoms with E-state index < -0.39 is 0 Å². The van der Waals surface area contributed by atoms with Crippen molar-refractivity contribution < 1.29 is 4.74 Å². The molecule has 2 fully saturated rings. The molecule has 0 unspecified atom stereocenters. The summed E-state index contributed by atoms with van der Waals surface area (Å²) in [6.45, 7) is 8.62. The summed E-state index contributed by atoms with van der Waals surface area (Å²) in [7, 11) is 1.97. The van der Waals surface area contributed by atoms with E-state index >= 15 is 0 Å². The minimum absolute atomic E-state index is 0.393. The number of hydrogen-bond donors (Lipinski definition) is 0. The summed E-state index contributed by atoms with van der Waals surface area (Å²) in [4.78, 5) is 2.32. The smallest absolute Gasteiger partial charge is 0.245 e. The number of ether oxygens (including phenoxy) is 1. The molecule has 0 amide bonds. The van der Waals surface area contributed by atoms with Crippen LogP contribution in [-0.2, 0) is 18.3 Å². The summed E-state index contributed by atoms with van der Waals surface area (Å²) in [6, 6.07) is 0. The number of tetrazole rings is 1. The topological polar surface area (TPSA) is 73.9 Å². The number of hydrogen-bond acceptors (Lipinski definition) is 6. The standard InChI is InChI=1S/C18H29N7O/c1-4-26-12-16-10-24(11-17(16)15-7-19-23(3)9-15)18-20-21-22-25(18)8-14-5-13(2)6-14/h7,9,13-14,16-17H,4-6,8,10-12H2,1-3H3/t13?,14?,16-,17-/m0/s1. The Bertz CT molecular complexity index is 721. The maximum atomic E-state index is 5.76. The van der Waals surface area contributed by atoms with E-state index in [1.54, 1.807) is 0 Å². The summed E-state index contributed by atoms with van der Waals surface area (Å²) < 4.78 is 9.63. The van der Waals surface area contributed by atoms with Gasteiger partial charge in [-0.1, -0.05) is 12.0 Å². The largest absolute Gasteiger partial charge is 0.381 e. The lowest BCUT2D eigenvalue weighted by Gasteiger charge is -2.32. The van der Waals surface area contributed by atoms with Crippen molar-refractivity contribution in [1.29, 1.82) is 0 Å². The Morgan fingerprint density at radius 1 is 1.27 bits per heavy atom. The Morgan fingerprint density at radius 3 is 2.81 bits per heavy atom. The first-order chi connectivity index (χ1) is 12.6. The van der Waals surface area contributed by atoms with Crippen LogP contribution in [0.1, 0.15) is 38.2 Å². The highest BCUT2D eigenvalue weighted by Gasteiger charge is 2.37. The van der Waals surface area contributed by atoms with E-state index in [0.717, 1.165) is 44.7 Å². The summed E-state index contributed by atoms with van der Waals surface area (Å²) in [5.74, 6) is 3.27. The van der Waals surface area contributed by atoms with Crippen molar-refractivity contribution in [3.63, 3.8) is 0 Å². The summed E-state index contributed by atoms with van der Waals surface area (Å²) in [5.41, 5.74) is 1.27. The fourth-order valence-electron chi connectivity index (χ4n) is 4.49. The minimum atomic E-state index is 0.393. The van der Waals surface area contributed by atoms with Crippen molar-refractivity contribution in [3.8, 4) is 0 Å². The number of anilines is 1. The van der Waals surface area contributed by atoms with Gasteiger partial charge in [0.15, 0.2) is 0 Å². The molecule has 3 heterocycles. The molecule has 0 radical (unpaired) electrons. The van der Waals surface area contributed by atoms with Crippen LogP contribution < -0.4 is 4.90 Å². The van der Waals surface area contributed by atoms with Gasteiger partial charge in [-0.2, -0.15) is 5.10 Å². The van der Waals surface area contributed by atoms with Gasteiger partial charge in [0.1, 0.15) is 0 Å². The van der Waals surface area contributed by atoms with Gasteiger partial charge in [-0.3, -0.25) is 4.68 Å². The number of aromatic nitrogens is 6. The van der Waals surface area contributed by atoms with Crippen LogP contribution >= 0.6 is 0 Å². The molecule has 0 aromatic carbocycles. The fraction of sp³-hybridized carbons (Fsp3) is 0.778. The van der Waals surface area contributed by atoms with Crippen molar-refractivity contribution in [1.82, 2.24) is 30.0 Å². The second kappa shape index (κ2) is 7.34. The first-order valence-electron chi connectivity index (χ1n) is 9.71. The van der Waals surface area contributed by atoms with Crippen molar-refractivity contribution in [2.75, 3.05) is 31.2 Å². The zero-order valence-electron chi connectivity index (χ0n) is 16.0. The Balaban J connectivity index is 1.49. The molecule has 8 nitrogen and oxygen atoms in total. The Labute approximate surface area is 154 Å². The zero-order chi connectivity index (χ0) is 18.1. The van der Waals surface area contributed by atoms with Crippen molar-refractivity contribution in [3.05, 3.63) is 18.0 Å². The van der Waals surface area contributed by atoms with Crippen molar-refractivity contribution in [2.45, 2.75) is 39.2 Å². The molecule has 2 atom stereocenters. The monoisotopic (exact) mass is 359 g/mol. The van der Waals surface area contributed by atoms with Gasteiger partial charge < -0.3 is 9.64 Å². The quantitative estimate of drug-likeness (QED) is 0.749. The lowest BCUT2D eigenvalue weighted by Crippen LogP contribution is -2.29. The first kappa shape index (κ1) is 17.5. The first-order valence-corrected chi connectivity index (χ1v) is 9.71. The molecule has 1 saturated heterocycles. The van der Waals surface area contributed by atoms with E-state index in [-0.39, 0.29) is 0 Å². The average Bonchev–Trinajstić information content (AvgIpc) is 3.30. The van der Waals surface area contributed by atoms with E-state index in [1.807, 2.05) is 29.5 Å². The lowest BCUT2D eigenvalue weighted by molar-refractivity contribution is 0.111. The Kier molecular flexibility index (Phi) is 4.93. The Morgan fingerprint density at radius 2 is 2.12 bits per heavy atom. The third-order valence-corrected chi connectivity index (χ3v) is 5.83. The van der Waals surface area contributed by atoms with Crippen LogP contribution in [0.3, 0.4) is 0 Å². The fourth-order valence-corrected chi connectivity index (χ4v) is 4.49. The molecule has 0 N–H and O–H groups in total. The van der Waals surface area contributed by atoms with Crippen LogP contribution in [0.25, 0.3) is 0 Å². The minimum Gasteiger partial charge on any atom is -0.381 e. The molecular formula is C18H29N7O. The van der Waals surface area contributed by atoms with Crippen LogP contribution in [0.4, 0.5) is 5.95 Å². The Hall–Kier alpha value is -1.96. The highest BCUT2D eigenvalue weighted by molar-refractivity contribution is 5.35. The van der Waals surface area contributed by atoms with Gasteiger partial charge in [0.05, 0.1) is 12.8 Å². The number of nitrogens with zero attached hydrogens (tertiary/aromatic N) is 7. The lowest BCUT2D eigenvalue weighted by atomic mass is 9.76. The molecule has 8 heteroatoms. The molecule has 2 aromatic heterocycles. The van der Waals surface area contributed by atoms with Crippen LogP contribution in [0.15, 0.2) is 12.4 Å². The second-order valence-corrected chi connectivity index (χ2v) is 7.98. The molecule has 2 aliphatic rings. The van der Waals surface area contributed by atoms with Gasteiger partial charge in [0.25, 0.3) is 0 Å². The maximum absolute atomic E-state index is 5.76. The van der Waals surface area contributed by atoms with Gasteiger partial charge in [-0.25, -0.2) is 4.68 Å². The summed E-state index contributed by atoms with van der Waals surface area (Å²) >= 11 is 0. The predicted molar refractivity (Wildman–Crippen MR) is 97.9 cm³/mol. The van der Waals surface area contributed by atoms with Crippen molar-refractivity contribution >= 4 is 5.95 Å². The van der Waals surface area contributed by atoms with E-state index in [1.165, 1.54) is 18.4 Å². The second-order valence-electron chi connectivity index (χ2n) is 7.98. The molecule has 1 saturated carbocycles. The van der Waals surface area contributed by atoms with Crippen molar-refractivity contribution in [2.24, 2.45) is 24.8 Å². The van der Waals surface area contributed by atoms with Gasteiger partial charge in [-0.15, -0.1) is 0 Å². The number of rotatable bonds is 7. The van der Waals surface area contributed by atoms with Crippen LogP contribution in [0, 0.1) is 17.8 Å². The van der Waals surface area contributed by atoms with Crippen LogP contribution in [0.2, 0.25) is 0 Å². The van der Waals surface area contributed by atoms with E-state index in [9.17, 15) is 0 Å². The molecule has 1 aliphatic carbocycles.